The van der Waals surface area contributed by atoms with Crippen molar-refractivity contribution in [3.63, 3.8) is 0 Å². The lowest BCUT2D eigenvalue weighted by Crippen LogP contribution is -2.22. The fraction of sp³-hybridized carbons (Fsp3) is 0.143. The molecule has 0 unspecified atom stereocenters. The van der Waals surface area contributed by atoms with Gasteiger partial charge in [0.05, 0.1) is 0 Å². The van der Waals surface area contributed by atoms with Gasteiger partial charge < -0.3 is 4.18 Å². The maximum absolute atomic E-state index is 10.9. The van der Waals surface area contributed by atoms with E-state index in [1.54, 1.807) is 25.1 Å². The zero-order valence-electron chi connectivity index (χ0n) is 5.87. The third-order valence-electron chi connectivity index (χ3n) is 1.63. The third-order valence-corrected chi connectivity index (χ3v) is 3.05. The van der Waals surface area contributed by atoms with Gasteiger partial charge in [0.1, 0.15) is 0 Å². The minimum atomic E-state index is -3.37. The van der Waals surface area contributed by atoms with Gasteiger partial charge in [0.25, 0.3) is 0 Å². The topological polar surface area (TPSA) is 43.4 Å². The molecule has 1 aromatic rings. The molecule has 58 valence electrons. The van der Waals surface area contributed by atoms with Crippen molar-refractivity contribution in [1.29, 1.82) is 0 Å². The van der Waals surface area contributed by atoms with Crippen LogP contribution in [0.4, 0.5) is 0 Å². The van der Waals surface area contributed by atoms with Gasteiger partial charge in [-0.2, -0.15) is 8.42 Å². The van der Waals surface area contributed by atoms with E-state index in [0.29, 0.717) is 10.6 Å². The minimum absolute atomic E-state index is 0.333. The molecule has 0 N–H and O–H groups in total. The molecule has 1 aliphatic rings. The highest BCUT2D eigenvalue weighted by atomic mass is 32.2. The fourth-order valence-corrected chi connectivity index (χ4v) is 2.30. The van der Waals surface area contributed by atoms with Crippen LogP contribution in [0.1, 0.15) is 5.56 Å². The second kappa shape index (κ2) is 1.76. The third kappa shape index (κ3) is 0.758. The first-order chi connectivity index (χ1) is 5.11. The van der Waals surface area contributed by atoms with Gasteiger partial charge >= 0.3 is 10.1 Å². The quantitative estimate of drug-likeness (QED) is 0.547. The maximum Gasteiger partial charge on any atom is 0.343 e. The van der Waals surface area contributed by atoms with Gasteiger partial charge in [-0.3, -0.25) is 0 Å². The standard InChI is InChI=1S/C7H6O3S/c1-5-3-2-4-6-7(5)11(8,9)10-6/h2-4H,1H3. The summed E-state index contributed by atoms with van der Waals surface area (Å²) in [6.07, 6.45) is 0. The zero-order chi connectivity index (χ0) is 8.06. The summed E-state index contributed by atoms with van der Waals surface area (Å²) >= 11 is 0. The monoisotopic (exact) mass is 170 g/mol. The van der Waals surface area contributed by atoms with E-state index in [9.17, 15) is 8.42 Å². The predicted molar refractivity (Wildman–Crippen MR) is 39.0 cm³/mol. The summed E-state index contributed by atoms with van der Waals surface area (Å²) in [4.78, 5) is 0.333. The van der Waals surface area contributed by atoms with Gasteiger partial charge in [0, 0.05) is 0 Å². The van der Waals surface area contributed by atoms with E-state index < -0.39 is 10.1 Å². The van der Waals surface area contributed by atoms with Crippen molar-refractivity contribution in [2.24, 2.45) is 0 Å². The highest BCUT2D eigenvalue weighted by Crippen LogP contribution is 2.37. The number of hydrogen-bond acceptors (Lipinski definition) is 3. The van der Waals surface area contributed by atoms with Crippen molar-refractivity contribution in [2.75, 3.05) is 0 Å². The van der Waals surface area contributed by atoms with Crippen LogP contribution in [0.25, 0.3) is 0 Å². The number of benzene rings is 1. The molecular weight excluding hydrogens is 164 g/mol. The molecule has 0 saturated carbocycles. The summed E-state index contributed by atoms with van der Waals surface area (Å²) < 4.78 is 26.3. The smallest absolute Gasteiger partial charge is 0.343 e. The van der Waals surface area contributed by atoms with Crippen molar-refractivity contribution < 1.29 is 12.6 Å². The molecule has 0 fully saturated rings. The van der Waals surface area contributed by atoms with Crippen molar-refractivity contribution in [1.82, 2.24) is 0 Å². The zero-order valence-corrected chi connectivity index (χ0v) is 6.68. The highest BCUT2D eigenvalue weighted by Gasteiger charge is 2.34. The molecule has 0 aromatic heterocycles. The van der Waals surface area contributed by atoms with Crippen molar-refractivity contribution in [2.45, 2.75) is 11.8 Å². The Morgan fingerprint density at radius 2 is 2.09 bits per heavy atom. The molecule has 0 radical (unpaired) electrons. The van der Waals surface area contributed by atoms with Gasteiger partial charge in [0.15, 0.2) is 10.6 Å². The molecule has 0 saturated heterocycles. The Kier molecular flexibility index (Phi) is 1.07. The van der Waals surface area contributed by atoms with Crippen LogP contribution in [0.5, 0.6) is 5.75 Å². The number of aryl methyl sites for hydroxylation is 1. The molecule has 1 aromatic carbocycles. The second-order valence-electron chi connectivity index (χ2n) is 2.44. The largest absolute Gasteiger partial charge is 0.377 e. The van der Waals surface area contributed by atoms with Crippen LogP contribution in [0.3, 0.4) is 0 Å². The molecule has 1 aliphatic heterocycles. The van der Waals surface area contributed by atoms with E-state index in [4.69, 9.17) is 0 Å². The van der Waals surface area contributed by atoms with Gasteiger partial charge in [-0.05, 0) is 18.6 Å². The lowest BCUT2D eigenvalue weighted by molar-refractivity contribution is 0.440. The Morgan fingerprint density at radius 1 is 1.36 bits per heavy atom. The van der Waals surface area contributed by atoms with E-state index in [-0.39, 0.29) is 0 Å². The van der Waals surface area contributed by atoms with Crippen molar-refractivity contribution in [3.8, 4) is 5.75 Å². The summed E-state index contributed by atoms with van der Waals surface area (Å²) in [5.74, 6) is 0.463. The van der Waals surface area contributed by atoms with Crippen molar-refractivity contribution in [3.05, 3.63) is 23.8 Å². The second-order valence-corrected chi connectivity index (χ2v) is 3.92. The van der Waals surface area contributed by atoms with Crippen LogP contribution in [0, 0.1) is 6.92 Å². The first kappa shape index (κ1) is 6.67. The normalized spacial score (nSPS) is 17.9. The Bertz CT molecular complexity index is 391. The first-order valence-corrected chi connectivity index (χ1v) is 4.56. The van der Waals surface area contributed by atoms with E-state index in [1.165, 1.54) is 0 Å². The Morgan fingerprint density at radius 3 is 2.55 bits per heavy atom. The Balaban J connectivity index is 2.80. The number of rotatable bonds is 0. The minimum Gasteiger partial charge on any atom is -0.377 e. The van der Waals surface area contributed by atoms with Crippen LogP contribution in [-0.2, 0) is 10.1 Å². The van der Waals surface area contributed by atoms with Crippen LogP contribution >= 0.6 is 0 Å². The van der Waals surface area contributed by atoms with E-state index in [2.05, 4.69) is 4.18 Å². The molecule has 4 heteroatoms. The molecule has 0 bridgehead atoms. The molecular formula is C7H6O3S. The molecule has 1 heterocycles. The summed E-state index contributed by atoms with van der Waals surface area (Å²) in [7, 11) is -3.37. The van der Waals surface area contributed by atoms with Crippen LogP contribution in [0.15, 0.2) is 23.1 Å². The van der Waals surface area contributed by atoms with E-state index in [1.807, 2.05) is 0 Å². The van der Waals surface area contributed by atoms with Gasteiger partial charge in [-0.1, -0.05) is 12.1 Å². The van der Waals surface area contributed by atoms with Crippen LogP contribution < -0.4 is 4.18 Å². The Hall–Kier alpha value is -1.03. The summed E-state index contributed by atoms with van der Waals surface area (Å²) in [5.41, 5.74) is 0.744. The summed E-state index contributed by atoms with van der Waals surface area (Å²) in [6, 6.07) is 5.16. The fourth-order valence-electron chi connectivity index (χ4n) is 1.14. The van der Waals surface area contributed by atoms with Crippen LogP contribution in [0.2, 0.25) is 0 Å². The highest BCUT2D eigenvalue weighted by molar-refractivity contribution is 7.88. The average Bonchev–Trinajstić information content (AvgIpc) is 1.84. The molecule has 0 amide bonds. The van der Waals surface area contributed by atoms with E-state index >= 15 is 0 Å². The summed E-state index contributed by atoms with van der Waals surface area (Å²) in [6.45, 7) is 1.75. The van der Waals surface area contributed by atoms with Crippen LogP contribution in [-0.4, -0.2) is 8.42 Å². The van der Waals surface area contributed by atoms with Gasteiger partial charge in [-0.15, -0.1) is 0 Å². The number of fused-ring (bicyclic) bond motifs is 1. The molecule has 0 spiro atoms. The van der Waals surface area contributed by atoms with E-state index in [0.717, 1.165) is 5.56 Å². The molecule has 0 aliphatic carbocycles. The van der Waals surface area contributed by atoms with Crippen molar-refractivity contribution >= 4 is 10.1 Å². The molecule has 11 heavy (non-hydrogen) atoms. The Labute approximate surface area is 64.7 Å². The molecule has 2 rings (SSSR count). The maximum atomic E-state index is 10.9. The summed E-state index contributed by atoms with van der Waals surface area (Å²) in [5, 5.41) is 0. The number of hydrogen-bond donors (Lipinski definition) is 0. The lowest BCUT2D eigenvalue weighted by Gasteiger charge is -2.20. The lowest BCUT2D eigenvalue weighted by atomic mass is 10.2. The molecule has 0 atom stereocenters. The van der Waals surface area contributed by atoms with Gasteiger partial charge in [-0.25, -0.2) is 0 Å². The SMILES string of the molecule is Cc1cccc2c1S(=O)(=O)O2. The molecule has 3 nitrogen and oxygen atoms in total. The average molecular weight is 170 g/mol. The van der Waals surface area contributed by atoms with Gasteiger partial charge in [0.2, 0.25) is 0 Å². The predicted octanol–water partition coefficient (Wildman–Crippen LogP) is 1.08. The first-order valence-electron chi connectivity index (χ1n) is 3.15.